The first-order chi connectivity index (χ1) is 9.72. The minimum Gasteiger partial charge on any atom is -0.497 e. The normalized spacial score (nSPS) is 11.9. The maximum absolute atomic E-state index is 5.84. The number of aryl methyl sites for hydroxylation is 1. The minimum absolute atomic E-state index is 0.131. The van der Waals surface area contributed by atoms with Crippen molar-refractivity contribution in [3.05, 3.63) is 59.7 Å². The van der Waals surface area contributed by atoms with Gasteiger partial charge in [-0.1, -0.05) is 29.8 Å². The van der Waals surface area contributed by atoms with Crippen molar-refractivity contribution in [1.29, 1.82) is 0 Å². The number of likely N-dealkylation sites (N-methyl/N-ethyl adjacent to an activating group) is 1. The third-order valence-electron chi connectivity index (χ3n) is 3.28. The SMILES string of the molecule is CNC(COc1ccc(C)cc1)c1cccc(OC)c1. The lowest BCUT2D eigenvalue weighted by Gasteiger charge is -2.18. The molecule has 0 aromatic heterocycles. The average molecular weight is 271 g/mol. The van der Waals surface area contributed by atoms with E-state index < -0.39 is 0 Å². The summed E-state index contributed by atoms with van der Waals surface area (Å²) in [5.74, 6) is 1.75. The van der Waals surface area contributed by atoms with Gasteiger partial charge in [-0.3, -0.25) is 0 Å². The molecule has 20 heavy (non-hydrogen) atoms. The summed E-state index contributed by atoms with van der Waals surface area (Å²) in [5.41, 5.74) is 2.38. The fraction of sp³-hybridized carbons (Fsp3) is 0.294. The van der Waals surface area contributed by atoms with Crippen LogP contribution >= 0.6 is 0 Å². The highest BCUT2D eigenvalue weighted by atomic mass is 16.5. The summed E-state index contributed by atoms with van der Waals surface area (Å²) in [6.45, 7) is 2.64. The predicted octanol–water partition coefficient (Wildman–Crippen LogP) is 3.34. The molecule has 1 atom stereocenters. The molecular weight excluding hydrogens is 250 g/mol. The quantitative estimate of drug-likeness (QED) is 0.874. The molecular formula is C17H21NO2. The van der Waals surface area contributed by atoms with Gasteiger partial charge in [-0.05, 0) is 43.8 Å². The highest BCUT2D eigenvalue weighted by molar-refractivity contribution is 5.31. The molecule has 106 valence electrons. The summed E-state index contributed by atoms with van der Waals surface area (Å²) >= 11 is 0. The van der Waals surface area contributed by atoms with Crippen molar-refractivity contribution < 1.29 is 9.47 Å². The molecule has 3 heteroatoms. The van der Waals surface area contributed by atoms with Crippen LogP contribution in [0, 0.1) is 6.92 Å². The highest BCUT2D eigenvalue weighted by Gasteiger charge is 2.10. The lowest BCUT2D eigenvalue weighted by Crippen LogP contribution is -2.23. The van der Waals surface area contributed by atoms with Gasteiger partial charge in [0.1, 0.15) is 18.1 Å². The number of nitrogens with one attached hydrogen (secondary N) is 1. The van der Waals surface area contributed by atoms with Crippen molar-refractivity contribution in [3.63, 3.8) is 0 Å². The van der Waals surface area contributed by atoms with Crippen molar-refractivity contribution in [2.75, 3.05) is 20.8 Å². The molecule has 0 aliphatic heterocycles. The van der Waals surface area contributed by atoms with Gasteiger partial charge in [0.2, 0.25) is 0 Å². The molecule has 0 saturated heterocycles. The monoisotopic (exact) mass is 271 g/mol. The zero-order valence-electron chi connectivity index (χ0n) is 12.2. The molecule has 0 saturated carbocycles. The van der Waals surface area contributed by atoms with Gasteiger partial charge in [0.05, 0.1) is 13.2 Å². The number of benzene rings is 2. The summed E-state index contributed by atoms with van der Waals surface area (Å²) in [6.07, 6.45) is 0. The average Bonchev–Trinajstić information content (AvgIpc) is 2.50. The van der Waals surface area contributed by atoms with Gasteiger partial charge in [-0.25, -0.2) is 0 Å². The second-order valence-corrected chi connectivity index (χ2v) is 4.74. The Morgan fingerprint density at radius 3 is 2.45 bits per heavy atom. The Morgan fingerprint density at radius 1 is 1.05 bits per heavy atom. The number of methoxy groups -OCH3 is 1. The molecule has 0 amide bonds. The first-order valence-corrected chi connectivity index (χ1v) is 6.73. The molecule has 0 bridgehead atoms. The van der Waals surface area contributed by atoms with Crippen LogP contribution in [0.5, 0.6) is 11.5 Å². The molecule has 1 unspecified atom stereocenters. The van der Waals surface area contributed by atoms with E-state index in [1.165, 1.54) is 5.56 Å². The molecule has 0 aliphatic rings. The van der Waals surface area contributed by atoms with Crippen molar-refractivity contribution in [2.45, 2.75) is 13.0 Å². The summed E-state index contributed by atoms with van der Waals surface area (Å²) < 4.78 is 11.1. The van der Waals surface area contributed by atoms with Crippen LogP contribution in [-0.2, 0) is 0 Å². The molecule has 3 nitrogen and oxygen atoms in total. The molecule has 0 radical (unpaired) electrons. The first kappa shape index (κ1) is 14.4. The van der Waals surface area contributed by atoms with Gasteiger partial charge in [-0.15, -0.1) is 0 Å². The Hall–Kier alpha value is -2.00. The Kier molecular flexibility index (Phi) is 5.02. The van der Waals surface area contributed by atoms with E-state index in [-0.39, 0.29) is 6.04 Å². The van der Waals surface area contributed by atoms with Crippen LogP contribution in [0.15, 0.2) is 48.5 Å². The van der Waals surface area contributed by atoms with Crippen LogP contribution in [0.2, 0.25) is 0 Å². The van der Waals surface area contributed by atoms with Crippen LogP contribution < -0.4 is 14.8 Å². The van der Waals surface area contributed by atoms with Crippen LogP contribution in [0.25, 0.3) is 0 Å². The second-order valence-electron chi connectivity index (χ2n) is 4.74. The summed E-state index contributed by atoms with van der Waals surface area (Å²) in [6, 6.07) is 16.3. The zero-order valence-corrected chi connectivity index (χ0v) is 12.2. The van der Waals surface area contributed by atoms with Gasteiger partial charge in [0, 0.05) is 0 Å². The molecule has 2 aromatic carbocycles. The van der Waals surface area contributed by atoms with E-state index in [9.17, 15) is 0 Å². The standard InChI is InChI=1S/C17H21NO2/c1-13-7-9-15(10-8-13)20-12-17(18-2)14-5-4-6-16(11-14)19-3/h4-11,17-18H,12H2,1-3H3. The van der Waals surface area contributed by atoms with E-state index in [1.807, 2.05) is 37.4 Å². The maximum atomic E-state index is 5.84. The zero-order chi connectivity index (χ0) is 14.4. The number of rotatable bonds is 6. The van der Waals surface area contributed by atoms with Crippen LogP contribution in [-0.4, -0.2) is 20.8 Å². The maximum Gasteiger partial charge on any atom is 0.119 e. The number of ether oxygens (including phenoxy) is 2. The largest absolute Gasteiger partial charge is 0.497 e. The van der Waals surface area contributed by atoms with Crippen molar-refractivity contribution in [2.24, 2.45) is 0 Å². The van der Waals surface area contributed by atoms with E-state index in [4.69, 9.17) is 9.47 Å². The third kappa shape index (κ3) is 3.75. The first-order valence-electron chi connectivity index (χ1n) is 6.73. The van der Waals surface area contributed by atoms with Crippen molar-refractivity contribution in [3.8, 4) is 11.5 Å². The van der Waals surface area contributed by atoms with Gasteiger partial charge in [-0.2, -0.15) is 0 Å². The minimum atomic E-state index is 0.131. The summed E-state index contributed by atoms with van der Waals surface area (Å²) in [5, 5.41) is 3.27. The van der Waals surface area contributed by atoms with Crippen molar-refractivity contribution >= 4 is 0 Å². The number of hydrogen-bond donors (Lipinski definition) is 1. The number of hydrogen-bond acceptors (Lipinski definition) is 3. The third-order valence-corrected chi connectivity index (χ3v) is 3.28. The van der Waals surface area contributed by atoms with Crippen molar-refractivity contribution in [1.82, 2.24) is 5.32 Å². The molecule has 0 heterocycles. The van der Waals surface area contributed by atoms with Crippen LogP contribution in [0.3, 0.4) is 0 Å². The summed E-state index contributed by atoms with van der Waals surface area (Å²) in [7, 11) is 3.61. The molecule has 0 spiro atoms. The molecule has 1 N–H and O–H groups in total. The lowest BCUT2D eigenvalue weighted by atomic mass is 10.1. The van der Waals surface area contributed by atoms with Crippen LogP contribution in [0.4, 0.5) is 0 Å². The van der Waals surface area contributed by atoms with E-state index in [1.54, 1.807) is 7.11 Å². The van der Waals surface area contributed by atoms with Gasteiger partial charge >= 0.3 is 0 Å². The fourth-order valence-electron chi connectivity index (χ4n) is 2.02. The Morgan fingerprint density at radius 2 is 1.80 bits per heavy atom. The topological polar surface area (TPSA) is 30.5 Å². The smallest absolute Gasteiger partial charge is 0.119 e. The van der Waals surface area contributed by atoms with Crippen LogP contribution in [0.1, 0.15) is 17.2 Å². The fourth-order valence-corrected chi connectivity index (χ4v) is 2.02. The van der Waals surface area contributed by atoms with E-state index in [0.717, 1.165) is 17.1 Å². The van der Waals surface area contributed by atoms with E-state index in [2.05, 4.69) is 30.4 Å². The Labute approximate surface area is 120 Å². The van der Waals surface area contributed by atoms with Gasteiger partial charge < -0.3 is 14.8 Å². The van der Waals surface area contributed by atoms with E-state index in [0.29, 0.717) is 6.61 Å². The summed E-state index contributed by atoms with van der Waals surface area (Å²) in [4.78, 5) is 0. The molecule has 0 aliphatic carbocycles. The van der Waals surface area contributed by atoms with E-state index >= 15 is 0 Å². The second kappa shape index (κ2) is 6.96. The molecule has 2 rings (SSSR count). The van der Waals surface area contributed by atoms with Gasteiger partial charge in [0.15, 0.2) is 0 Å². The predicted molar refractivity (Wildman–Crippen MR) is 81.5 cm³/mol. The Balaban J connectivity index is 2.03. The highest BCUT2D eigenvalue weighted by Crippen LogP contribution is 2.20. The Bertz CT molecular complexity index is 537. The molecule has 2 aromatic rings. The lowest BCUT2D eigenvalue weighted by molar-refractivity contribution is 0.272. The van der Waals surface area contributed by atoms with Gasteiger partial charge in [0.25, 0.3) is 0 Å². The molecule has 0 fully saturated rings.